The molecule has 5 nitrogen and oxygen atoms in total. The van der Waals surface area contributed by atoms with E-state index in [-0.39, 0.29) is 30.5 Å². The number of halogens is 1. The molecule has 1 saturated heterocycles. The van der Waals surface area contributed by atoms with Gasteiger partial charge in [0.1, 0.15) is 12.5 Å². The summed E-state index contributed by atoms with van der Waals surface area (Å²) in [6, 6.07) is 9.62. The number of nitrogens with zero attached hydrogens (tertiary/aromatic N) is 2. The van der Waals surface area contributed by atoms with E-state index < -0.39 is 0 Å². The van der Waals surface area contributed by atoms with Crippen LogP contribution in [0.1, 0.15) is 31.7 Å². The van der Waals surface area contributed by atoms with E-state index in [0.29, 0.717) is 19.6 Å². The number of amides is 2. The van der Waals surface area contributed by atoms with Gasteiger partial charge in [-0.1, -0.05) is 30.3 Å². The van der Waals surface area contributed by atoms with Crippen molar-refractivity contribution in [2.75, 3.05) is 25.5 Å². The second kappa shape index (κ2) is 9.52. The Morgan fingerprint density at radius 2 is 2.04 bits per heavy atom. The molecule has 0 saturated carbocycles. The van der Waals surface area contributed by atoms with E-state index in [9.17, 15) is 9.59 Å². The summed E-state index contributed by atoms with van der Waals surface area (Å²) < 4.78 is 5.40. The van der Waals surface area contributed by atoms with Crippen LogP contribution in [0.15, 0.2) is 30.3 Å². The molecule has 0 spiro atoms. The standard InChI is InChI=1S/C18H25ClN2O3/c1-2-20(18(23)24-14-15-8-4-3-5-9-15)13-16-10-6-7-11-21(16)17(22)12-19/h3-5,8-9,16H,2,6-7,10-14H2,1H3/t16-/m1/s1. The lowest BCUT2D eigenvalue weighted by Gasteiger charge is -2.38. The molecule has 2 amide bonds. The third kappa shape index (κ3) is 5.13. The summed E-state index contributed by atoms with van der Waals surface area (Å²) in [5, 5.41) is 0. The molecule has 0 aromatic heterocycles. The lowest BCUT2D eigenvalue weighted by Crippen LogP contribution is -2.51. The molecule has 2 rings (SSSR count). The molecule has 1 aromatic carbocycles. The second-order valence-corrected chi connectivity index (χ2v) is 6.22. The van der Waals surface area contributed by atoms with E-state index in [0.717, 1.165) is 24.8 Å². The minimum atomic E-state index is -0.342. The Morgan fingerprint density at radius 1 is 1.29 bits per heavy atom. The number of rotatable bonds is 6. The Morgan fingerprint density at radius 3 is 2.71 bits per heavy atom. The van der Waals surface area contributed by atoms with Crippen molar-refractivity contribution in [3.63, 3.8) is 0 Å². The van der Waals surface area contributed by atoms with Crippen molar-refractivity contribution in [2.24, 2.45) is 0 Å². The van der Waals surface area contributed by atoms with Crippen LogP contribution in [-0.2, 0) is 16.1 Å². The normalized spacial score (nSPS) is 17.4. The lowest BCUT2D eigenvalue weighted by molar-refractivity contribution is -0.132. The summed E-state index contributed by atoms with van der Waals surface area (Å²) in [4.78, 5) is 27.8. The Bertz CT molecular complexity index is 538. The summed E-state index contributed by atoms with van der Waals surface area (Å²) in [7, 11) is 0. The Balaban J connectivity index is 1.91. The van der Waals surface area contributed by atoms with Crippen LogP contribution in [0.3, 0.4) is 0 Å². The van der Waals surface area contributed by atoms with E-state index >= 15 is 0 Å². The number of carbonyl (C=O) groups is 2. The largest absolute Gasteiger partial charge is 0.445 e. The summed E-state index contributed by atoms with van der Waals surface area (Å²) in [5.41, 5.74) is 0.957. The van der Waals surface area contributed by atoms with Crippen molar-refractivity contribution in [2.45, 2.75) is 38.8 Å². The van der Waals surface area contributed by atoms with Crippen LogP contribution < -0.4 is 0 Å². The molecule has 0 bridgehead atoms. The Kier molecular flexibility index (Phi) is 7.37. The van der Waals surface area contributed by atoms with Gasteiger partial charge in [-0.05, 0) is 31.7 Å². The van der Waals surface area contributed by atoms with E-state index in [4.69, 9.17) is 16.3 Å². The van der Waals surface area contributed by atoms with Crippen molar-refractivity contribution in [1.82, 2.24) is 9.80 Å². The van der Waals surface area contributed by atoms with Crippen LogP contribution in [0.25, 0.3) is 0 Å². The van der Waals surface area contributed by atoms with Gasteiger partial charge in [-0.25, -0.2) is 4.79 Å². The Hall–Kier alpha value is -1.75. The molecular weight excluding hydrogens is 328 g/mol. The minimum Gasteiger partial charge on any atom is -0.445 e. The van der Waals surface area contributed by atoms with Gasteiger partial charge in [0.2, 0.25) is 5.91 Å². The van der Waals surface area contributed by atoms with Crippen molar-refractivity contribution >= 4 is 23.6 Å². The molecular formula is C18H25ClN2O3. The number of alkyl halides is 1. The molecule has 0 aliphatic carbocycles. The van der Waals surface area contributed by atoms with Gasteiger partial charge in [-0.3, -0.25) is 4.79 Å². The predicted molar refractivity (Wildman–Crippen MR) is 93.9 cm³/mol. The summed E-state index contributed by atoms with van der Waals surface area (Å²) in [6.45, 7) is 3.93. The first-order valence-electron chi connectivity index (χ1n) is 8.46. The highest BCUT2D eigenvalue weighted by molar-refractivity contribution is 6.27. The fourth-order valence-electron chi connectivity index (χ4n) is 2.99. The van der Waals surface area contributed by atoms with Gasteiger partial charge in [-0.2, -0.15) is 0 Å². The number of piperidine rings is 1. The van der Waals surface area contributed by atoms with Gasteiger partial charge in [0.15, 0.2) is 0 Å². The number of likely N-dealkylation sites (N-methyl/N-ethyl adjacent to an activating group) is 1. The molecule has 1 aromatic rings. The third-order valence-corrected chi connectivity index (χ3v) is 4.57. The lowest BCUT2D eigenvalue weighted by atomic mass is 10.0. The third-order valence-electron chi connectivity index (χ3n) is 4.34. The van der Waals surface area contributed by atoms with E-state index in [2.05, 4.69) is 0 Å². The van der Waals surface area contributed by atoms with Crippen LogP contribution in [0, 0.1) is 0 Å². The first-order chi connectivity index (χ1) is 11.7. The molecule has 132 valence electrons. The zero-order chi connectivity index (χ0) is 17.4. The van der Waals surface area contributed by atoms with Gasteiger partial charge in [-0.15, -0.1) is 11.6 Å². The number of hydrogen-bond donors (Lipinski definition) is 0. The van der Waals surface area contributed by atoms with Gasteiger partial charge >= 0.3 is 6.09 Å². The van der Waals surface area contributed by atoms with E-state index in [1.165, 1.54) is 0 Å². The van der Waals surface area contributed by atoms with Crippen molar-refractivity contribution in [3.8, 4) is 0 Å². The van der Waals surface area contributed by atoms with Crippen LogP contribution >= 0.6 is 11.6 Å². The average Bonchev–Trinajstić information content (AvgIpc) is 2.64. The monoisotopic (exact) mass is 352 g/mol. The highest BCUT2D eigenvalue weighted by Crippen LogP contribution is 2.19. The van der Waals surface area contributed by atoms with Crippen LogP contribution in [0.5, 0.6) is 0 Å². The fourth-order valence-corrected chi connectivity index (χ4v) is 3.15. The topological polar surface area (TPSA) is 49.9 Å². The summed E-state index contributed by atoms with van der Waals surface area (Å²) in [5.74, 6) is -0.0729. The van der Waals surface area contributed by atoms with Crippen molar-refractivity contribution in [1.29, 1.82) is 0 Å². The summed E-state index contributed by atoms with van der Waals surface area (Å²) >= 11 is 5.70. The van der Waals surface area contributed by atoms with Gasteiger partial charge in [0, 0.05) is 25.7 Å². The van der Waals surface area contributed by atoms with E-state index in [1.54, 1.807) is 4.90 Å². The maximum absolute atomic E-state index is 12.3. The molecule has 1 aliphatic heterocycles. The first-order valence-corrected chi connectivity index (χ1v) is 9.00. The SMILES string of the molecule is CCN(C[C@H]1CCCCN1C(=O)CCl)C(=O)OCc1ccccc1. The van der Waals surface area contributed by atoms with Crippen molar-refractivity contribution in [3.05, 3.63) is 35.9 Å². The van der Waals surface area contributed by atoms with Crippen LogP contribution in [0.4, 0.5) is 4.79 Å². The molecule has 0 N–H and O–H groups in total. The number of benzene rings is 1. The highest BCUT2D eigenvalue weighted by atomic mass is 35.5. The predicted octanol–water partition coefficient (Wildman–Crippen LogP) is 3.27. The fraction of sp³-hybridized carbons (Fsp3) is 0.556. The molecule has 0 unspecified atom stereocenters. The average molecular weight is 353 g/mol. The minimum absolute atomic E-state index is 0.0128. The van der Waals surface area contributed by atoms with Crippen LogP contribution in [0.2, 0.25) is 0 Å². The molecule has 1 fully saturated rings. The smallest absolute Gasteiger partial charge is 0.410 e. The Labute approximate surface area is 148 Å². The number of carbonyl (C=O) groups excluding carboxylic acids is 2. The highest BCUT2D eigenvalue weighted by Gasteiger charge is 2.29. The zero-order valence-corrected chi connectivity index (χ0v) is 14.9. The number of hydrogen-bond acceptors (Lipinski definition) is 3. The molecule has 1 atom stereocenters. The van der Waals surface area contributed by atoms with Gasteiger partial charge < -0.3 is 14.5 Å². The molecule has 6 heteroatoms. The first kappa shape index (κ1) is 18.6. The van der Waals surface area contributed by atoms with Gasteiger partial charge in [0.05, 0.1) is 0 Å². The van der Waals surface area contributed by atoms with E-state index in [1.807, 2.05) is 42.2 Å². The molecule has 0 radical (unpaired) electrons. The summed E-state index contributed by atoms with van der Waals surface area (Å²) in [6.07, 6.45) is 2.60. The number of ether oxygens (including phenoxy) is 1. The van der Waals surface area contributed by atoms with Crippen LogP contribution in [-0.4, -0.2) is 53.4 Å². The number of likely N-dealkylation sites (tertiary alicyclic amines) is 1. The molecule has 1 heterocycles. The maximum atomic E-state index is 12.3. The second-order valence-electron chi connectivity index (χ2n) is 5.95. The maximum Gasteiger partial charge on any atom is 0.410 e. The van der Waals surface area contributed by atoms with Crippen molar-refractivity contribution < 1.29 is 14.3 Å². The van der Waals surface area contributed by atoms with Gasteiger partial charge in [0.25, 0.3) is 0 Å². The molecule has 24 heavy (non-hydrogen) atoms. The quantitative estimate of drug-likeness (QED) is 0.738. The molecule has 1 aliphatic rings. The zero-order valence-electron chi connectivity index (χ0n) is 14.1.